The van der Waals surface area contributed by atoms with Crippen molar-refractivity contribution in [3.8, 4) is 0 Å². The Morgan fingerprint density at radius 1 is 1.10 bits per heavy atom. The number of nitrogens with zero attached hydrogens (tertiary/aromatic N) is 4. The molecule has 0 bridgehead atoms. The van der Waals surface area contributed by atoms with E-state index < -0.39 is 60.1 Å². The molecule has 0 spiro atoms. The fourth-order valence-corrected chi connectivity index (χ4v) is 7.11. The number of aliphatic hydroxyl groups excluding tert-OH is 2. The summed E-state index contributed by atoms with van der Waals surface area (Å²) < 4.78 is 49.4. The number of rotatable bonds is 8. The molecule has 8 N–H and O–H groups in total. The van der Waals surface area contributed by atoms with E-state index in [4.69, 9.17) is 20.3 Å². The number of nitrogen functional groups attached to an aromatic ring is 1. The maximum absolute atomic E-state index is 11.9. The summed E-state index contributed by atoms with van der Waals surface area (Å²) in [6.07, 6.45) is -3.54. The van der Waals surface area contributed by atoms with Crippen molar-refractivity contribution in [1.29, 1.82) is 0 Å². The minimum Gasteiger partial charge on any atom is -0.387 e. The van der Waals surface area contributed by atoms with E-state index in [1.807, 2.05) is 0 Å². The summed E-state index contributed by atoms with van der Waals surface area (Å²) in [5.41, 5.74) is 6.04. The van der Waals surface area contributed by atoms with Gasteiger partial charge in [-0.3, -0.25) is 18.2 Å². The van der Waals surface area contributed by atoms with E-state index in [9.17, 15) is 33.7 Å². The van der Waals surface area contributed by atoms with Crippen molar-refractivity contribution in [2.75, 3.05) is 18.2 Å². The highest BCUT2D eigenvalue weighted by Gasteiger charge is 2.46. The van der Waals surface area contributed by atoms with Crippen LogP contribution in [0.2, 0.25) is 0 Å². The number of hydrogen-bond acceptors (Lipinski definition) is 12. The average Bonchev–Trinajstić information content (AvgIpc) is 3.13. The molecule has 6 atom stereocenters. The molecule has 1 aliphatic rings. The van der Waals surface area contributed by atoms with Crippen molar-refractivity contribution < 1.29 is 57.1 Å². The number of aliphatic hydroxyl groups is 2. The monoisotopic (exact) mass is 505 g/mol. The lowest BCUT2D eigenvalue weighted by atomic mass is 10.1. The molecule has 17 nitrogen and oxygen atoms in total. The molecule has 0 amide bonds. The van der Waals surface area contributed by atoms with Crippen LogP contribution in [0.25, 0.3) is 11.2 Å². The second-order valence-corrected chi connectivity index (χ2v) is 12.0. The van der Waals surface area contributed by atoms with Crippen molar-refractivity contribution in [2.45, 2.75) is 24.5 Å². The first-order valence-electron chi connectivity index (χ1n) is 8.19. The Labute approximate surface area is 172 Å². The van der Waals surface area contributed by atoms with E-state index in [0.717, 1.165) is 6.33 Å². The summed E-state index contributed by atoms with van der Waals surface area (Å²) >= 11 is 0. The number of nitrogens with two attached hydrogens (primary N) is 1. The summed E-state index contributed by atoms with van der Waals surface area (Å²) in [4.78, 5) is 48.0. The van der Waals surface area contributed by atoms with Gasteiger partial charge in [0.05, 0.1) is 12.9 Å². The van der Waals surface area contributed by atoms with Crippen LogP contribution in [0.5, 0.6) is 0 Å². The van der Waals surface area contributed by atoms with E-state index >= 15 is 0 Å². The third-order valence-electron chi connectivity index (χ3n) is 3.99. The van der Waals surface area contributed by atoms with E-state index in [1.165, 1.54) is 10.9 Å². The zero-order valence-electron chi connectivity index (χ0n) is 15.2. The van der Waals surface area contributed by atoms with Crippen LogP contribution in [0.3, 0.4) is 0 Å². The Kier molecular flexibility index (Phi) is 6.71. The molecule has 1 fully saturated rings. The highest BCUT2D eigenvalue weighted by Crippen LogP contribution is 2.65. The Morgan fingerprint density at radius 3 is 2.42 bits per heavy atom. The standard InChI is InChI=1S/C11H18N5O12P3/c12-9-6-10(14-2-13-9)16(3-15-6)11-8(18)7(17)5(27-11)1-26-31(24,25)28-30(22,23)4-29(19,20)21/h2-3,5,7-8,11,17-18H,1,4H2,(H,22,23)(H,24,25)(H2,12,13,14)(H2,19,20,21)/t5-,7-,8+,11+/m0/s1. The molecule has 2 aromatic heterocycles. The number of imidazole rings is 1. The van der Waals surface area contributed by atoms with Gasteiger partial charge in [-0.2, -0.15) is 0 Å². The van der Waals surface area contributed by atoms with Gasteiger partial charge in [0.1, 0.15) is 30.2 Å². The highest BCUT2D eigenvalue weighted by atomic mass is 31.3. The van der Waals surface area contributed by atoms with Gasteiger partial charge in [-0.25, -0.2) is 23.8 Å². The first kappa shape index (κ1) is 24.3. The molecule has 31 heavy (non-hydrogen) atoms. The summed E-state index contributed by atoms with van der Waals surface area (Å²) in [6, 6.07) is 0. The molecule has 1 aliphatic heterocycles. The zero-order valence-corrected chi connectivity index (χ0v) is 17.9. The van der Waals surface area contributed by atoms with Gasteiger partial charge in [-0.1, -0.05) is 0 Å². The van der Waals surface area contributed by atoms with Crippen LogP contribution in [-0.4, -0.2) is 80.1 Å². The number of phosphoric acid groups is 1. The Hall–Kier alpha value is -1.32. The third-order valence-corrected chi connectivity index (χ3v) is 9.22. The molecule has 20 heteroatoms. The quantitative estimate of drug-likeness (QED) is 0.201. The molecular formula is C11H18N5O12P3. The second kappa shape index (κ2) is 8.56. The lowest BCUT2D eigenvalue weighted by Crippen LogP contribution is -2.33. The minimum atomic E-state index is -5.31. The summed E-state index contributed by atoms with van der Waals surface area (Å²) in [7, 11) is -15.6. The van der Waals surface area contributed by atoms with Gasteiger partial charge in [0.25, 0.3) is 0 Å². The Balaban J connectivity index is 1.69. The first-order valence-corrected chi connectivity index (χ1v) is 13.2. The van der Waals surface area contributed by atoms with Crippen LogP contribution in [0.1, 0.15) is 6.23 Å². The average molecular weight is 505 g/mol. The Bertz CT molecular complexity index is 1110. The fourth-order valence-electron chi connectivity index (χ4n) is 2.76. The predicted molar refractivity (Wildman–Crippen MR) is 99.3 cm³/mol. The van der Waals surface area contributed by atoms with Crippen molar-refractivity contribution in [2.24, 2.45) is 0 Å². The molecule has 174 valence electrons. The van der Waals surface area contributed by atoms with Crippen LogP contribution in [0.4, 0.5) is 5.82 Å². The van der Waals surface area contributed by atoms with Gasteiger partial charge in [-0.05, 0) is 0 Å². The third kappa shape index (κ3) is 5.73. The molecule has 2 aromatic rings. The summed E-state index contributed by atoms with van der Waals surface area (Å²) in [5, 5.41) is 20.5. The highest BCUT2D eigenvalue weighted by molar-refractivity contribution is 7.73. The predicted octanol–water partition coefficient (Wildman–Crippen LogP) is -1.52. The zero-order chi connectivity index (χ0) is 23.2. The van der Waals surface area contributed by atoms with Crippen molar-refractivity contribution >= 4 is 40.0 Å². The molecule has 3 rings (SSSR count). The molecular weight excluding hydrogens is 487 g/mol. The normalized spacial score (nSPS) is 28.5. The smallest absolute Gasteiger partial charge is 0.387 e. The lowest BCUT2D eigenvalue weighted by Gasteiger charge is -2.19. The van der Waals surface area contributed by atoms with Gasteiger partial charge in [0, 0.05) is 0 Å². The maximum atomic E-state index is 11.9. The largest absolute Gasteiger partial charge is 0.479 e. The first-order chi connectivity index (χ1) is 14.2. The molecule has 2 unspecified atom stereocenters. The van der Waals surface area contributed by atoms with Crippen LogP contribution in [0, 0.1) is 0 Å². The van der Waals surface area contributed by atoms with Gasteiger partial charge < -0.3 is 40.3 Å². The molecule has 0 aliphatic carbocycles. The van der Waals surface area contributed by atoms with E-state index in [1.54, 1.807) is 0 Å². The SMILES string of the molecule is Nc1ncnc2c1ncn2[C@@H]1O[C@@H](COP(=O)(O)OP(=O)(O)CP(=O)(O)O)[C@H](O)[C@H]1O. The number of anilines is 1. The van der Waals surface area contributed by atoms with Crippen LogP contribution in [-0.2, 0) is 27.3 Å². The summed E-state index contributed by atoms with van der Waals surface area (Å²) in [5.74, 6) is -1.66. The van der Waals surface area contributed by atoms with Crippen LogP contribution in [0.15, 0.2) is 12.7 Å². The van der Waals surface area contributed by atoms with E-state index in [0.29, 0.717) is 0 Å². The number of ether oxygens (including phenoxy) is 1. The van der Waals surface area contributed by atoms with Crippen molar-refractivity contribution in [1.82, 2.24) is 19.5 Å². The summed E-state index contributed by atoms with van der Waals surface area (Å²) in [6.45, 7) is -0.901. The minimum absolute atomic E-state index is 0.0544. The lowest BCUT2D eigenvalue weighted by molar-refractivity contribution is -0.0501. The van der Waals surface area contributed by atoms with Gasteiger partial charge in [0.2, 0.25) is 0 Å². The molecule has 0 saturated carbocycles. The second-order valence-electron chi connectivity index (χ2n) is 6.42. The van der Waals surface area contributed by atoms with E-state index in [2.05, 4.69) is 23.8 Å². The number of fused-ring (bicyclic) bond motifs is 1. The topological polar surface area (TPSA) is 270 Å². The number of phosphoric ester groups is 1. The van der Waals surface area contributed by atoms with Crippen molar-refractivity contribution in [3.05, 3.63) is 12.7 Å². The Morgan fingerprint density at radius 2 is 1.77 bits per heavy atom. The maximum Gasteiger partial charge on any atom is 0.479 e. The van der Waals surface area contributed by atoms with Crippen LogP contribution < -0.4 is 5.73 Å². The number of aromatic nitrogens is 4. The van der Waals surface area contributed by atoms with E-state index in [-0.39, 0.29) is 17.0 Å². The van der Waals surface area contributed by atoms with Gasteiger partial charge in [-0.15, -0.1) is 0 Å². The van der Waals surface area contributed by atoms with Gasteiger partial charge >= 0.3 is 23.0 Å². The molecule has 3 heterocycles. The molecule has 0 aromatic carbocycles. The molecule has 1 saturated heterocycles. The van der Waals surface area contributed by atoms with Crippen molar-refractivity contribution in [3.63, 3.8) is 0 Å². The number of hydrogen-bond donors (Lipinski definition) is 7. The molecule has 0 radical (unpaired) electrons. The van der Waals surface area contributed by atoms with Crippen LogP contribution >= 0.6 is 23.0 Å². The van der Waals surface area contributed by atoms with Gasteiger partial charge in [0.15, 0.2) is 23.6 Å². The fraction of sp³-hybridized carbons (Fsp3) is 0.545.